The highest BCUT2D eigenvalue weighted by atomic mass is 16.1. The summed E-state index contributed by atoms with van der Waals surface area (Å²) in [7, 11) is 0. The quantitative estimate of drug-likeness (QED) is 0.365. The molecule has 1 saturated heterocycles. The Bertz CT molecular complexity index is 1650. The van der Waals surface area contributed by atoms with Crippen LogP contribution in [0.15, 0.2) is 65.6 Å². The monoisotopic (exact) mass is 492 g/mol. The first-order valence-corrected chi connectivity index (χ1v) is 12.5. The highest BCUT2D eigenvalue weighted by Gasteiger charge is 2.27. The van der Waals surface area contributed by atoms with Gasteiger partial charge in [-0.25, -0.2) is 14.6 Å². The van der Waals surface area contributed by atoms with Crippen molar-refractivity contribution in [2.45, 2.75) is 38.4 Å². The van der Waals surface area contributed by atoms with E-state index in [0.717, 1.165) is 36.0 Å². The van der Waals surface area contributed by atoms with E-state index in [0.29, 0.717) is 35.9 Å². The molecule has 3 aromatic heterocycles. The van der Waals surface area contributed by atoms with Crippen LogP contribution in [0, 0.1) is 11.8 Å². The number of benzene rings is 2. The van der Waals surface area contributed by atoms with Crippen LogP contribution in [-0.2, 0) is 6.54 Å². The molecule has 4 heterocycles. The minimum Gasteiger partial charge on any atom is -0.341 e. The minimum atomic E-state index is -0.544. The predicted molar refractivity (Wildman–Crippen MR) is 144 cm³/mol. The van der Waals surface area contributed by atoms with E-state index in [1.54, 1.807) is 13.1 Å². The van der Waals surface area contributed by atoms with Gasteiger partial charge in [0.25, 0.3) is 5.56 Å². The summed E-state index contributed by atoms with van der Waals surface area (Å²) in [5.74, 6) is 7.42. The van der Waals surface area contributed by atoms with Gasteiger partial charge in [-0.05, 0) is 37.5 Å². The lowest BCUT2D eigenvalue weighted by Crippen LogP contribution is -2.44. The van der Waals surface area contributed by atoms with Gasteiger partial charge in [-0.1, -0.05) is 48.4 Å². The Hall–Kier alpha value is -4.42. The molecule has 9 heteroatoms. The largest absolute Gasteiger partial charge is 0.341 e. The van der Waals surface area contributed by atoms with Crippen LogP contribution in [0.5, 0.6) is 0 Å². The van der Waals surface area contributed by atoms with E-state index in [1.165, 1.54) is 4.68 Å². The number of piperidine rings is 1. The molecule has 0 radical (unpaired) electrons. The van der Waals surface area contributed by atoms with Gasteiger partial charge in [0.05, 0.1) is 23.8 Å². The summed E-state index contributed by atoms with van der Waals surface area (Å²) in [5, 5.41) is 4.61. The molecule has 3 N–H and O–H groups in total. The van der Waals surface area contributed by atoms with E-state index >= 15 is 0 Å². The molecule has 0 spiro atoms. The van der Waals surface area contributed by atoms with Crippen LogP contribution in [0.2, 0.25) is 0 Å². The number of para-hydroxylation sites is 2. The molecule has 0 aliphatic carbocycles. The van der Waals surface area contributed by atoms with Crippen LogP contribution in [0.1, 0.15) is 37.2 Å². The third-order valence-corrected chi connectivity index (χ3v) is 6.87. The molecule has 1 fully saturated rings. The van der Waals surface area contributed by atoms with Gasteiger partial charge in [-0.3, -0.25) is 9.36 Å². The second-order valence-corrected chi connectivity index (χ2v) is 9.35. The molecule has 0 bridgehead atoms. The van der Waals surface area contributed by atoms with Crippen LogP contribution >= 0.6 is 0 Å². The van der Waals surface area contributed by atoms with Crippen molar-refractivity contribution in [1.82, 2.24) is 29.3 Å². The minimum absolute atomic E-state index is 0.0737. The Morgan fingerprint density at radius 1 is 1.11 bits per heavy atom. The first kappa shape index (κ1) is 23.0. The van der Waals surface area contributed by atoms with E-state index in [4.69, 9.17) is 15.7 Å². The number of H-pyrrole nitrogens is 1. The zero-order chi connectivity index (χ0) is 25.4. The Morgan fingerprint density at radius 3 is 2.70 bits per heavy atom. The average Bonchev–Trinajstić information content (AvgIpc) is 3.51. The third-order valence-electron chi connectivity index (χ3n) is 6.87. The molecule has 2 atom stereocenters. The molecule has 9 nitrogen and oxygen atoms in total. The number of hydrogen-bond donors (Lipinski definition) is 2. The Morgan fingerprint density at radius 2 is 1.92 bits per heavy atom. The summed E-state index contributed by atoms with van der Waals surface area (Å²) in [6, 6.07) is 17.2. The number of hydrogen-bond acceptors (Lipinski definition) is 6. The Balaban J connectivity index is 1.56. The average molecular weight is 493 g/mol. The van der Waals surface area contributed by atoms with Crippen molar-refractivity contribution in [3.63, 3.8) is 0 Å². The third kappa shape index (κ3) is 4.15. The number of nitrogens with one attached hydrogen (secondary N) is 1. The van der Waals surface area contributed by atoms with Crippen molar-refractivity contribution in [3.8, 4) is 11.8 Å². The lowest BCUT2D eigenvalue weighted by atomic mass is 10.1. The Labute approximate surface area is 213 Å². The van der Waals surface area contributed by atoms with Crippen molar-refractivity contribution in [3.05, 3.63) is 82.5 Å². The van der Waals surface area contributed by atoms with Crippen molar-refractivity contribution in [2.24, 2.45) is 5.73 Å². The van der Waals surface area contributed by atoms with Crippen LogP contribution in [0.3, 0.4) is 0 Å². The molecule has 1 unspecified atom stereocenters. The smallest absolute Gasteiger partial charge is 0.294 e. The molecule has 1 aliphatic rings. The highest BCUT2D eigenvalue weighted by Crippen LogP contribution is 2.27. The summed E-state index contributed by atoms with van der Waals surface area (Å²) in [4.78, 5) is 29.4. The van der Waals surface area contributed by atoms with Crippen molar-refractivity contribution in [1.29, 1.82) is 0 Å². The number of nitrogens with zero attached hydrogens (tertiary/aromatic N) is 6. The summed E-state index contributed by atoms with van der Waals surface area (Å²) in [5.41, 5.74) is 9.68. The molecular weight excluding hydrogens is 464 g/mol. The number of aromatic nitrogens is 6. The zero-order valence-electron chi connectivity index (χ0n) is 20.6. The fraction of sp³-hybridized carbons (Fsp3) is 0.286. The number of aromatic amines is 1. The topological polar surface area (TPSA) is 111 Å². The lowest BCUT2D eigenvalue weighted by Gasteiger charge is -2.31. The van der Waals surface area contributed by atoms with E-state index in [1.807, 2.05) is 59.2 Å². The molecule has 2 aromatic carbocycles. The van der Waals surface area contributed by atoms with Crippen LogP contribution < -0.4 is 16.2 Å². The van der Waals surface area contributed by atoms with E-state index in [-0.39, 0.29) is 11.6 Å². The van der Waals surface area contributed by atoms with Gasteiger partial charge < -0.3 is 15.6 Å². The SMILES string of the molecule is CC#CCn1c(N2CCC[C@@H](N)C2)nc2cnn(C(c3ccccc3)c3nc4ccccc4[nH]3)c(=O)c21. The predicted octanol–water partition coefficient (Wildman–Crippen LogP) is 3.06. The maximum absolute atomic E-state index is 14.2. The van der Waals surface area contributed by atoms with Gasteiger partial charge >= 0.3 is 0 Å². The fourth-order valence-corrected chi connectivity index (χ4v) is 5.13. The number of imidazole rings is 2. The van der Waals surface area contributed by atoms with Crippen molar-refractivity contribution < 1.29 is 0 Å². The first-order chi connectivity index (χ1) is 18.1. The second-order valence-electron chi connectivity index (χ2n) is 9.35. The second kappa shape index (κ2) is 9.56. The van der Waals surface area contributed by atoms with Gasteiger partial charge in [0.1, 0.15) is 22.9 Å². The lowest BCUT2D eigenvalue weighted by molar-refractivity contribution is 0.495. The molecule has 186 valence electrons. The van der Waals surface area contributed by atoms with Gasteiger partial charge in [-0.2, -0.15) is 5.10 Å². The summed E-state index contributed by atoms with van der Waals surface area (Å²) >= 11 is 0. The van der Waals surface area contributed by atoms with E-state index in [9.17, 15) is 4.79 Å². The number of nitrogens with two attached hydrogens (primary N) is 1. The van der Waals surface area contributed by atoms with Crippen LogP contribution in [0.25, 0.3) is 22.1 Å². The normalized spacial score (nSPS) is 16.6. The highest BCUT2D eigenvalue weighted by molar-refractivity contribution is 5.78. The molecule has 6 rings (SSSR count). The molecule has 1 aliphatic heterocycles. The van der Waals surface area contributed by atoms with Gasteiger partial charge in [0.2, 0.25) is 5.95 Å². The molecular formula is C28H28N8O. The van der Waals surface area contributed by atoms with E-state index < -0.39 is 6.04 Å². The Kier molecular flexibility index (Phi) is 5.94. The van der Waals surface area contributed by atoms with Gasteiger partial charge in [0, 0.05) is 19.1 Å². The molecule has 37 heavy (non-hydrogen) atoms. The fourth-order valence-electron chi connectivity index (χ4n) is 5.13. The number of rotatable bonds is 5. The van der Waals surface area contributed by atoms with Crippen LogP contribution in [0.4, 0.5) is 5.95 Å². The standard InChI is InChI=1S/C28H28N8O/c1-2-3-16-35-25-23(33-28(35)34-15-9-12-20(29)18-34)17-30-36(27(25)37)24(19-10-5-4-6-11-19)26-31-21-13-7-8-14-22(21)32-26/h4-8,10-11,13-14,17,20,24H,9,12,15-16,18,29H2,1H3,(H,31,32)/t20-,24?/m1/s1. The van der Waals surface area contributed by atoms with E-state index in [2.05, 4.69) is 26.8 Å². The summed E-state index contributed by atoms with van der Waals surface area (Å²) in [6.45, 7) is 3.68. The number of anilines is 1. The van der Waals surface area contributed by atoms with Crippen molar-refractivity contribution in [2.75, 3.05) is 18.0 Å². The molecule has 0 saturated carbocycles. The molecule has 0 amide bonds. The summed E-state index contributed by atoms with van der Waals surface area (Å²) in [6.07, 6.45) is 3.63. The summed E-state index contributed by atoms with van der Waals surface area (Å²) < 4.78 is 3.41. The first-order valence-electron chi connectivity index (χ1n) is 12.5. The van der Waals surface area contributed by atoms with Gasteiger partial charge in [0.15, 0.2) is 0 Å². The zero-order valence-corrected chi connectivity index (χ0v) is 20.6. The van der Waals surface area contributed by atoms with Gasteiger partial charge in [-0.15, -0.1) is 5.92 Å². The van der Waals surface area contributed by atoms with Crippen LogP contribution in [-0.4, -0.2) is 48.4 Å². The molecule has 5 aromatic rings. The van der Waals surface area contributed by atoms with Crippen molar-refractivity contribution >= 4 is 28.0 Å². The maximum atomic E-state index is 14.2. The number of fused-ring (bicyclic) bond motifs is 2. The maximum Gasteiger partial charge on any atom is 0.294 e.